The summed E-state index contributed by atoms with van der Waals surface area (Å²) in [7, 11) is 0. The summed E-state index contributed by atoms with van der Waals surface area (Å²) in [5.41, 5.74) is 8.31. The number of halogens is 2. The molecule has 2 N–H and O–H groups in total. The Morgan fingerprint density at radius 1 is 1.31 bits per heavy atom. The number of hydrogen-bond acceptors (Lipinski definition) is 1. The maximum atomic E-state index is 12.9. The van der Waals surface area contributed by atoms with Crippen LogP contribution in [0.1, 0.15) is 31.2 Å². The molecule has 0 heterocycles. The molecule has 0 bridgehead atoms. The summed E-state index contributed by atoms with van der Waals surface area (Å²) in [5, 5.41) is 0. The molecule has 1 fully saturated rings. The lowest BCUT2D eigenvalue weighted by Gasteiger charge is -2.20. The van der Waals surface area contributed by atoms with Crippen molar-refractivity contribution >= 4 is 22.0 Å². The second kappa shape index (κ2) is 5.11. The summed E-state index contributed by atoms with van der Waals surface area (Å²) >= 11 is 3.38. The lowest BCUT2D eigenvalue weighted by atomic mass is 9.90. The predicted molar refractivity (Wildman–Crippen MR) is 68.5 cm³/mol. The van der Waals surface area contributed by atoms with Gasteiger partial charge in [0, 0.05) is 10.5 Å². The normalized spacial score (nSPS) is 20.9. The Bertz CT molecular complexity index is 404. The highest BCUT2D eigenvalue weighted by atomic mass is 79.9. The summed E-state index contributed by atoms with van der Waals surface area (Å²) < 4.78 is 13.7. The second-order valence-corrected chi connectivity index (χ2v) is 5.16. The van der Waals surface area contributed by atoms with Crippen molar-refractivity contribution in [1.29, 1.82) is 0 Å². The molecule has 0 unspecified atom stereocenters. The van der Waals surface area contributed by atoms with E-state index in [1.54, 1.807) is 6.07 Å². The fourth-order valence-corrected chi connectivity index (χ4v) is 2.46. The zero-order chi connectivity index (χ0) is 11.5. The van der Waals surface area contributed by atoms with Gasteiger partial charge in [-0.05, 0) is 43.4 Å². The minimum Gasteiger partial charge on any atom is -0.328 e. The summed E-state index contributed by atoms with van der Waals surface area (Å²) in [4.78, 5) is 0. The molecule has 0 aromatic heterocycles. The van der Waals surface area contributed by atoms with Gasteiger partial charge >= 0.3 is 0 Å². The molecule has 0 atom stereocenters. The largest absolute Gasteiger partial charge is 0.328 e. The van der Waals surface area contributed by atoms with Gasteiger partial charge in [0.1, 0.15) is 5.82 Å². The van der Waals surface area contributed by atoms with Crippen molar-refractivity contribution in [2.24, 2.45) is 5.73 Å². The van der Waals surface area contributed by atoms with Crippen LogP contribution < -0.4 is 5.73 Å². The van der Waals surface area contributed by atoms with Crippen molar-refractivity contribution in [2.75, 3.05) is 0 Å². The summed E-state index contributed by atoms with van der Waals surface area (Å²) in [6.07, 6.45) is 6.39. The highest BCUT2D eigenvalue weighted by Crippen LogP contribution is 2.27. The SMILES string of the molecule is NC1CCC(=Cc2ccc(F)cc2Br)CC1. The molecule has 1 nitrogen and oxygen atoms in total. The van der Waals surface area contributed by atoms with Gasteiger partial charge in [-0.1, -0.05) is 33.6 Å². The van der Waals surface area contributed by atoms with Crippen LogP contribution in [0.4, 0.5) is 4.39 Å². The Morgan fingerprint density at radius 2 is 2.00 bits per heavy atom. The molecule has 0 spiro atoms. The third-order valence-corrected chi connectivity index (χ3v) is 3.68. The Hall–Kier alpha value is -0.670. The van der Waals surface area contributed by atoms with Crippen LogP contribution in [0.2, 0.25) is 0 Å². The van der Waals surface area contributed by atoms with E-state index in [-0.39, 0.29) is 5.82 Å². The van der Waals surface area contributed by atoms with Gasteiger partial charge < -0.3 is 5.73 Å². The molecule has 1 aromatic rings. The van der Waals surface area contributed by atoms with Crippen molar-refractivity contribution < 1.29 is 4.39 Å². The second-order valence-electron chi connectivity index (χ2n) is 4.31. The van der Waals surface area contributed by atoms with Crippen LogP contribution in [0.15, 0.2) is 28.2 Å². The van der Waals surface area contributed by atoms with E-state index in [9.17, 15) is 4.39 Å². The first-order chi connectivity index (χ1) is 7.65. The van der Waals surface area contributed by atoms with E-state index in [2.05, 4.69) is 22.0 Å². The Kier molecular flexibility index (Phi) is 3.77. The first kappa shape index (κ1) is 11.8. The molecule has 0 radical (unpaired) electrons. The van der Waals surface area contributed by atoms with Crippen LogP contribution in [-0.2, 0) is 0 Å². The number of rotatable bonds is 1. The van der Waals surface area contributed by atoms with E-state index in [0.29, 0.717) is 6.04 Å². The Balaban J connectivity index is 2.16. The van der Waals surface area contributed by atoms with Gasteiger partial charge in [0.05, 0.1) is 0 Å². The molecule has 1 aliphatic rings. The average Bonchev–Trinajstić information content (AvgIpc) is 2.25. The van der Waals surface area contributed by atoms with Crippen molar-refractivity contribution in [3.05, 3.63) is 39.6 Å². The van der Waals surface area contributed by atoms with Crippen LogP contribution in [0.3, 0.4) is 0 Å². The maximum absolute atomic E-state index is 12.9. The number of benzene rings is 1. The molecule has 0 saturated heterocycles. The van der Waals surface area contributed by atoms with Crippen molar-refractivity contribution in [1.82, 2.24) is 0 Å². The highest BCUT2D eigenvalue weighted by molar-refractivity contribution is 9.10. The molecule has 2 rings (SSSR count). The van der Waals surface area contributed by atoms with E-state index in [1.807, 2.05) is 0 Å². The molecule has 1 saturated carbocycles. The molecule has 3 heteroatoms. The third kappa shape index (κ3) is 2.92. The Morgan fingerprint density at radius 3 is 2.62 bits per heavy atom. The Labute approximate surface area is 104 Å². The first-order valence-electron chi connectivity index (χ1n) is 5.55. The van der Waals surface area contributed by atoms with Crippen LogP contribution >= 0.6 is 15.9 Å². The zero-order valence-electron chi connectivity index (χ0n) is 9.05. The van der Waals surface area contributed by atoms with Crippen LogP contribution in [0, 0.1) is 5.82 Å². The summed E-state index contributed by atoms with van der Waals surface area (Å²) in [5.74, 6) is -0.209. The highest BCUT2D eigenvalue weighted by Gasteiger charge is 2.12. The fraction of sp³-hybridized carbons (Fsp3) is 0.385. The number of allylic oxidation sites excluding steroid dienone is 1. The molecule has 0 amide bonds. The minimum absolute atomic E-state index is 0.209. The first-order valence-corrected chi connectivity index (χ1v) is 6.34. The quantitative estimate of drug-likeness (QED) is 0.832. The third-order valence-electron chi connectivity index (χ3n) is 2.99. The van der Waals surface area contributed by atoms with Gasteiger partial charge in [-0.2, -0.15) is 0 Å². The molecule has 86 valence electrons. The molecular weight excluding hydrogens is 269 g/mol. The zero-order valence-corrected chi connectivity index (χ0v) is 10.6. The lowest BCUT2D eigenvalue weighted by Crippen LogP contribution is -2.23. The van der Waals surface area contributed by atoms with Crippen LogP contribution in [-0.4, -0.2) is 6.04 Å². The monoisotopic (exact) mass is 283 g/mol. The number of nitrogens with two attached hydrogens (primary N) is 1. The van der Waals surface area contributed by atoms with Gasteiger partial charge in [0.25, 0.3) is 0 Å². The fourth-order valence-electron chi connectivity index (χ4n) is 1.99. The molecular formula is C13H15BrFN. The molecule has 16 heavy (non-hydrogen) atoms. The van der Waals surface area contributed by atoms with E-state index in [1.165, 1.54) is 17.7 Å². The number of hydrogen-bond donors (Lipinski definition) is 1. The van der Waals surface area contributed by atoms with E-state index in [0.717, 1.165) is 35.7 Å². The molecule has 0 aliphatic heterocycles. The van der Waals surface area contributed by atoms with Crippen molar-refractivity contribution in [2.45, 2.75) is 31.7 Å². The van der Waals surface area contributed by atoms with Gasteiger partial charge in [-0.15, -0.1) is 0 Å². The van der Waals surface area contributed by atoms with Crippen LogP contribution in [0.5, 0.6) is 0 Å². The van der Waals surface area contributed by atoms with Crippen molar-refractivity contribution in [3.8, 4) is 0 Å². The lowest BCUT2D eigenvalue weighted by molar-refractivity contribution is 0.514. The van der Waals surface area contributed by atoms with E-state index >= 15 is 0 Å². The standard InChI is InChI=1S/C13H15BrFN/c14-13-8-11(15)4-3-10(13)7-9-1-5-12(16)6-2-9/h3-4,7-8,12H,1-2,5-6,16H2. The van der Waals surface area contributed by atoms with Gasteiger partial charge in [-0.25, -0.2) is 4.39 Å². The predicted octanol–water partition coefficient (Wildman–Crippen LogP) is 3.87. The maximum Gasteiger partial charge on any atom is 0.124 e. The summed E-state index contributed by atoms with van der Waals surface area (Å²) in [6.45, 7) is 0. The molecule has 1 aliphatic carbocycles. The minimum atomic E-state index is -0.209. The van der Waals surface area contributed by atoms with E-state index < -0.39 is 0 Å². The van der Waals surface area contributed by atoms with Gasteiger partial charge in [-0.3, -0.25) is 0 Å². The topological polar surface area (TPSA) is 26.0 Å². The van der Waals surface area contributed by atoms with Crippen molar-refractivity contribution in [3.63, 3.8) is 0 Å². The molecule has 1 aromatic carbocycles. The van der Waals surface area contributed by atoms with Crippen LogP contribution in [0.25, 0.3) is 6.08 Å². The van der Waals surface area contributed by atoms with Gasteiger partial charge in [0.15, 0.2) is 0 Å². The smallest absolute Gasteiger partial charge is 0.124 e. The van der Waals surface area contributed by atoms with Gasteiger partial charge in [0.2, 0.25) is 0 Å². The summed E-state index contributed by atoms with van der Waals surface area (Å²) in [6, 6.07) is 5.15. The van der Waals surface area contributed by atoms with E-state index in [4.69, 9.17) is 5.73 Å². The average molecular weight is 284 g/mol.